The van der Waals surface area contributed by atoms with E-state index in [0.717, 1.165) is 44.0 Å². The summed E-state index contributed by atoms with van der Waals surface area (Å²) >= 11 is 0. The minimum atomic E-state index is 0.311. The minimum absolute atomic E-state index is 0.311. The van der Waals surface area contributed by atoms with Crippen molar-refractivity contribution in [3.63, 3.8) is 0 Å². The summed E-state index contributed by atoms with van der Waals surface area (Å²) in [5, 5.41) is 0. The van der Waals surface area contributed by atoms with Crippen molar-refractivity contribution >= 4 is 5.95 Å². The lowest BCUT2D eigenvalue weighted by Crippen LogP contribution is -2.34. The van der Waals surface area contributed by atoms with Gasteiger partial charge in [0.15, 0.2) is 0 Å². The first-order chi connectivity index (χ1) is 10.8. The summed E-state index contributed by atoms with van der Waals surface area (Å²) in [6, 6.07) is 2.29. The zero-order chi connectivity index (χ0) is 15.4. The maximum absolute atomic E-state index is 5.75. The van der Waals surface area contributed by atoms with Crippen LogP contribution in [0.4, 0.5) is 5.95 Å². The number of nitrogens with two attached hydrogens (primary N) is 1. The SMILES string of the molecule is CCCn1ccnc1CN1CCCC[C@@H]1c1ccnc(N)n1. The van der Waals surface area contributed by atoms with Gasteiger partial charge in [0.2, 0.25) is 5.95 Å². The molecular formula is C16H24N6. The van der Waals surface area contributed by atoms with Crippen LogP contribution in [0.1, 0.15) is 50.2 Å². The number of nitrogens with zero attached hydrogens (tertiary/aromatic N) is 5. The van der Waals surface area contributed by atoms with Crippen LogP contribution in [-0.2, 0) is 13.1 Å². The van der Waals surface area contributed by atoms with Crippen molar-refractivity contribution < 1.29 is 0 Å². The summed E-state index contributed by atoms with van der Waals surface area (Å²) in [5.41, 5.74) is 6.78. The molecule has 0 radical (unpaired) electrons. The predicted molar refractivity (Wildman–Crippen MR) is 86.0 cm³/mol. The molecule has 118 valence electrons. The molecule has 0 bridgehead atoms. The molecule has 0 saturated carbocycles. The first-order valence-electron chi connectivity index (χ1n) is 8.10. The molecule has 1 fully saturated rings. The average Bonchev–Trinajstić information content (AvgIpc) is 2.95. The van der Waals surface area contributed by atoms with E-state index in [0.29, 0.717) is 12.0 Å². The van der Waals surface area contributed by atoms with Crippen molar-refractivity contribution in [1.82, 2.24) is 24.4 Å². The molecule has 6 nitrogen and oxygen atoms in total. The molecule has 3 heterocycles. The Balaban J connectivity index is 1.79. The van der Waals surface area contributed by atoms with Crippen molar-refractivity contribution in [2.75, 3.05) is 12.3 Å². The molecule has 2 N–H and O–H groups in total. The molecule has 0 spiro atoms. The second-order valence-corrected chi connectivity index (χ2v) is 5.86. The molecule has 2 aromatic rings. The van der Waals surface area contributed by atoms with Crippen LogP contribution in [0.25, 0.3) is 0 Å². The van der Waals surface area contributed by atoms with Gasteiger partial charge < -0.3 is 10.3 Å². The summed E-state index contributed by atoms with van der Waals surface area (Å²) in [6.07, 6.45) is 10.4. The van der Waals surface area contributed by atoms with Gasteiger partial charge in [0.1, 0.15) is 5.82 Å². The smallest absolute Gasteiger partial charge is 0.220 e. The molecule has 0 aliphatic carbocycles. The second kappa shape index (κ2) is 6.87. The Morgan fingerprint density at radius 2 is 2.18 bits per heavy atom. The zero-order valence-corrected chi connectivity index (χ0v) is 13.1. The van der Waals surface area contributed by atoms with Gasteiger partial charge in [-0.05, 0) is 31.9 Å². The molecule has 3 rings (SSSR count). The third kappa shape index (κ3) is 3.27. The molecule has 1 aliphatic heterocycles. The number of imidazole rings is 1. The molecule has 22 heavy (non-hydrogen) atoms. The number of aryl methyl sites for hydroxylation is 1. The first kappa shape index (κ1) is 15.0. The Morgan fingerprint density at radius 3 is 3.00 bits per heavy atom. The number of aromatic nitrogens is 4. The van der Waals surface area contributed by atoms with E-state index in [1.165, 1.54) is 12.8 Å². The standard InChI is InChI=1S/C16H24N6/c1-2-9-21-11-8-18-15(21)12-22-10-4-3-5-14(22)13-6-7-19-16(17)20-13/h6-8,11,14H,2-5,9-10,12H2,1H3,(H2,17,19,20)/t14-/m1/s1. The summed E-state index contributed by atoms with van der Waals surface area (Å²) in [6.45, 7) is 5.15. The van der Waals surface area contributed by atoms with Gasteiger partial charge in [-0.3, -0.25) is 4.90 Å². The summed E-state index contributed by atoms with van der Waals surface area (Å²) in [5.74, 6) is 1.49. The molecular weight excluding hydrogens is 276 g/mol. The first-order valence-corrected chi connectivity index (χ1v) is 8.10. The normalized spacial score (nSPS) is 19.4. The molecule has 2 aromatic heterocycles. The third-order valence-corrected chi connectivity index (χ3v) is 4.26. The van der Waals surface area contributed by atoms with E-state index in [-0.39, 0.29) is 0 Å². The number of rotatable bonds is 5. The lowest BCUT2D eigenvalue weighted by atomic mass is 9.99. The van der Waals surface area contributed by atoms with Gasteiger partial charge in [0, 0.05) is 25.1 Å². The van der Waals surface area contributed by atoms with E-state index in [4.69, 9.17) is 5.73 Å². The van der Waals surface area contributed by atoms with E-state index in [1.54, 1.807) is 6.20 Å². The summed E-state index contributed by atoms with van der Waals surface area (Å²) < 4.78 is 2.25. The predicted octanol–water partition coefficient (Wildman–Crippen LogP) is 2.39. The van der Waals surface area contributed by atoms with Gasteiger partial charge in [-0.2, -0.15) is 0 Å². The average molecular weight is 300 g/mol. The lowest BCUT2D eigenvalue weighted by Gasteiger charge is -2.35. The highest BCUT2D eigenvalue weighted by molar-refractivity contribution is 5.20. The maximum Gasteiger partial charge on any atom is 0.220 e. The third-order valence-electron chi connectivity index (χ3n) is 4.26. The van der Waals surface area contributed by atoms with Crippen LogP contribution in [0, 0.1) is 0 Å². The maximum atomic E-state index is 5.75. The Morgan fingerprint density at radius 1 is 1.27 bits per heavy atom. The minimum Gasteiger partial charge on any atom is -0.368 e. The fourth-order valence-electron chi connectivity index (χ4n) is 3.21. The largest absolute Gasteiger partial charge is 0.368 e. The van der Waals surface area contributed by atoms with Crippen LogP contribution in [0.15, 0.2) is 24.7 Å². The number of likely N-dealkylation sites (tertiary alicyclic amines) is 1. The fourth-order valence-corrected chi connectivity index (χ4v) is 3.21. The van der Waals surface area contributed by atoms with Gasteiger partial charge in [-0.1, -0.05) is 13.3 Å². The van der Waals surface area contributed by atoms with E-state index < -0.39 is 0 Å². The van der Waals surface area contributed by atoms with Crippen molar-refractivity contribution in [3.8, 4) is 0 Å². The molecule has 1 aliphatic rings. The van der Waals surface area contributed by atoms with Gasteiger partial charge >= 0.3 is 0 Å². The number of piperidine rings is 1. The quantitative estimate of drug-likeness (QED) is 0.918. The zero-order valence-electron chi connectivity index (χ0n) is 13.1. The monoisotopic (exact) mass is 300 g/mol. The van der Waals surface area contributed by atoms with Crippen molar-refractivity contribution in [2.24, 2.45) is 0 Å². The molecule has 0 aromatic carbocycles. The van der Waals surface area contributed by atoms with Crippen LogP contribution in [0.2, 0.25) is 0 Å². The number of anilines is 1. The highest BCUT2D eigenvalue weighted by Gasteiger charge is 2.26. The van der Waals surface area contributed by atoms with Gasteiger partial charge in [0.25, 0.3) is 0 Å². The second-order valence-electron chi connectivity index (χ2n) is 5.86. The highest BCUT2D eigenvalue weighted by Crippen LogP contribution is 2.30. The van der Waals surface area contributed by atoms with Gasteiger partial charge in [-0.25, -0.2) is 15.0 Å². The molecule has 0 amide bonds. The Kier molecular flexibility index (Phi) is 4.68. The van der Waals surface area contributed by atoms with E-state index in [1.807, 2.05) is 12.3 Å². The fraction of sp³-hybridized carbons (Fsp3) is 0.562. The Labute approximate surface area is 131 Å². The molecule has 1 atom stereocenters. The van der Waals surface area contributed by atoms with Crippen LogP contribution in [0.5, 0.6) is 0 Å². The lowest BCUT2D eigenvalue weighted by molar-refractivity contribution is 0.132. The van der Waals surface area contributed by atoms with Crippen LogP contribution < -0.4 is 5.73 Å². The number of hydrogen-bond acceptors (Lipinski definition) is 5. The van der Waals surface area contributed by atoms with Crippen LogP contribution in [-0.4, -0.2) is 31.0 Å². The van der Waals surface area contributed by atoms with Crippen molar-refractivity contribution in [2.45, 2.75) is 51.7 Å². The molecule has 0 unspecified atom stereocenters. The Hall–Kier alpha value is -1.95. The summed E-state index contributed by atoms with van der Waals surface area (Å²) in [4.78, 5) is 15.4. The van der Waals surface area contributed by atoms with E-state index >= 15 is 0 Å². The van der Waals surface area contributed by atoms with Gasteiger partial charge in [-0.15, -0.1) is 0 Å². The highest BCUT2D eigenvalue weighted by atomic mass is 15.2. The van der Waals surface area contributed by atoms with Crippen molar-refractivity contribution in [3.05, 3.63) is 36.2 Å². The van der Waals surface area contributed by atoms with Crippen molar-refractivity contribution in [1.29, 1.82) is 0 Å². The van der Waals surface area contributed by atoms with E-state index in [2.05, 4.69) is 37.5 Å². The molecule has 6 heteroatoms. The topological polar surface area (TPSA) is 72.9 Å². The van der Waals surface area contributed by atoms with Crippen LogP contribution in [0.3, 0.4) is 0 Å². The van der Waals surface area contributed by atoms with Gasteiger partial charge in [0.05, 0.1) is 18.3 Å². The number of hydrogen-bond donors (Lipinski definition) is 1. The Bertz CT molecular complexity index is 608. The van der Waals surface area contributed by atoms with E-state index in [9.17, 15) is 0 Å². The molecule has 1 saturated heterocycles. The summed E-state index contributed by atoms with van der Waals surface area (Å²) in [7, 11) is 0. The number of nitrogen functional groups attached to an aromatic ring is 1. The van der Waals surface area contributed by atoms with Crippen LogP contribution >= 0.6 is 0 Å².